The van der Waals surface area contributed by atoms with Crippen LogP contribution in [0.2, 0.25) is 0 Å². The van der Waals surface area contributed by atoms with E-state index in [9.17, 15) is 13.6 Å². The summed E-state index contributed by atoms with van der Waals surface area (Å²) in [4.78, 5) is 14.8. The molecule has 0 aliphatic rings. The van der Waals surface area contributed by atoms with Gasteiger partial charge in [0.05, 0.1) is 6.54 Å². The van der Waals surface area contributed by atoms with E-state index in [0.717, 1.165) is 0 Å². The van der Waals surface area contributed by atoms with Crippen molar-refractivity contribution in [3.8, 4) is 5.75 Å². The van der Waals surface area contributed by atoms with Gasteiger partial charge in [0.15, 0.2) is 0 Å². The van der Waals surface area contributed by atoms with Crippen molar-refractivity contribution in [1.82, 2.24) is 9.80 Å². The highest BCUT2D eigenvalue weighted by Gasteiger charge is 2.13. The second-order valence-electron chi connectivity index (χ2n) is 4.45. The van der Waals surface area contributed by atoms with Crippen molar-refractivity contribution in [1.29, 1.82) is 0 Å². The Kier molecular flexibility index (Phi) is 5.69. The van der Waals surface area contributed by atoms with Crippen LogP contribution in [-0.2, 0) is 11.3 Å². The molecule has 0 saturated heterocycles. The monoisotopic (exact) mass is 272 g/mol. The van der Waals surface area contributed by atoms with Gasteiger partial charge in [0, 0.05) is 26.2 Å². The van der Waals surface area contributed by atoms with Crippen LogP contribution >= 0.6 is 0 Å². The number of para-hydroxylation sites is 1. The van der Waals surface area contributed by atoms with Gasteiger partial charge in [-0.25, -0.2) is 0 Å². The molecule has 0 aliphatic heterocycles. The number of carbonyl (C=O) groups is 1. The molecule has 0 atom stereocenters. The van der Waals surface area contributed by atoms with E-state index < -0.39 is 6.61 Å². The molecule has 106 valence electrons. The number of likely N-dealkylation sites (N-methyl/N-ethyl adjacent to an activating group) is 2. The molecule has 1 amide bonds. The van der Waals surface area contributed by atoms with Crippen LogP contribution in [0.25, 0.3) is 0 Å². The number of carbonyl (C=O) groups excluding carboxylic acids is 1. The zero-order chi connectivity index (χ0) is 14.4. The third kappa shape index (κ3) is 5.21. The van der Waals surface area contributed by atoms with E-state index in [0.29, 0.717) is 12.1 Å². The third-order valence-electron chi connectivity index (χ3n) is 2.53. The van der Waals surface area contributed by atoms with Crippen LogP contribution in [0.15, 0.2) is 24.3 Å². The second-order valence-corrected chi connectivity index (χ2v) is 4.45. The molecular formula is C13H18F2N2O2. The van der Waals surface area contributed by atoms with E-state index in [-0.39, 0.29) is 18.2 Å². The maximum atomic E-state index is 12.3. The Bertz CT molecular complexity index is 425. The van der Waals surface area contributed by atoms with Gasteiger partial charge in [0.1, 0.15) is 5.75 Å². The molecule has 0 aliphatic carbocycles. The average molecular weight is 272 g/mol. The summed E-state index contributed by atoms with van der Waals surface area (Å²) in [5.74, 6) is 0.0939. The summed E-state index contributed by atoms with van der Waals surface area (Å²) >= 11 is 0. The van der Waals surface area contributed by atoms with Crippen molar-refractivity contribution < 1.29 is 18.3 Å². The quantitative estimate of drug-likeness (QED) is 0.791. The van der Waals surface area contributed by atoms with E-state index in [4.69, 9.17) is 0 Å². The third-order valence-corrected chi connectivity index (χ3v) is 2.53. The van der Waals surface area contributed by atoms with Crippen molar-refractivity contribution in [3.05, 3.63) is 29.8 Å². The predicted octanol–water partition coefficient (Wildman–Crippen LogP) is 1.81. The largest absolute Gasteiger partial charge is 0.434 e. The molecule has 4 nitrogen and oxygen atoms in total. The number of ether oxygens (including phenoxy) is 1. The van der Waals surface area contributed by atoms with Crippen LogP contribution in [0.4, 0.5) is 8.78 Å². The summed E-state index contributed by atoms with van der Waals surface area (Å²) in [5.41, 5.74) is 0.622. The molecule has 1 aromatic carbocycles. The standard InChI is InChI=1S/C13H18F2N2O2/c1-16(2)12(18)9-17(3)8-10-6-4-5-7-11(10)19-13(14)15/h4-7,13H,8-9H2,1-3H3. The lowest BCUT2D eigenvalue weighted by molar-refractivity contribution is -0.129. The number of benzene rings is 1. The number of alkyl halides is 2. The van der Waals surface area contributed by atoms with Crippen LogP contribution in [-0.4, -0.2) is 50.0 Å². The Morgan fingerprint density at radius 3 is 2.47 bits per heavy atom. The number of halogens is 2. The fourth-order valence-electron chi connectivity index (χ4n) is 1.56. The molecule has 6 heteroatoms. The normalized spacial score (nSPS) is 10.9. The molecule has 1 aromatic rings. The van der Waals surface area contributed by atoms with Gasteiger partial charge in [-0.15, -0.1) is 0 Å². The molecule has 0 heterocycles. The Hall–Kier alpha value is -1.69. The number of amides is 1. The van der Waals surface area contributed by atoms with E-state index in [1.54, 1.807) is 44.2 Å². The lowest BCUT2D eigenvalue weighted by Gasteiger charge is -2.20. The van der Waals surface area contributed by atoms with Crippen molar-refractivity contribution in [2.45, 2.75) is 13.2 Å². The number of nitrogens with zero attached hydrogens (tertiary/aromatic N) is 2. The van der Waals surface area contributed by atoms with Crippen LogP contribution in [0.5, 0.6) is 5.75 Å². The molecule has 0 unspecified atom stereocenters. The number of hydrogen-bond donors (Lipinski definition) is 0. The number of rotatable bonds is 6. The fraction of sp³-hybridized carbons (Fsp3) is 0.462. The molecule has 0 aromatic heterocycles. The first-order valence-corrected chi connectivity index (χ1v) is 5.81. The van der Waals surface area contributed by atoms with Gasteiger partial charge in [-0.2, -0.15) is 8.78 Å². The minimum absolute atomic E-state index is 0.0465. The van der Waals surface area contributed by atoms with Crippen molar-refractivity contribution in [2.24, 2.45) is 0 Å². The fourth-order valence-corrected chi connectivity index (χ4v) is 1.56. The molecular weight excluding hydrogens is 254 g/mol. The van der Waals surface area contributed by atoms with Crippen molar-refractivity contribution in [2.75, 3.05) is 27.7 Å². The smallest absolute Gasteiger partial charge is 0.387 e. The van der Waals surface area contributed by atoms with Gasteiger partial charge in [0.25, 0.3) is 0 Å². The van der Waals surface area contributed by atoms with Gasteiger partial charge in [-0.05, 0) is 13.1 Å². The Morgan fingerprint density at radius 1 is 1.26 bits per heavy atom. The average Bonchev–Trinajstić information content (AvgIpc) is 2.30. The van der Waals surface area contributed by atoms with E-state index in [1.807, 2.05) is 0 Å². The van der Waals surface area contributed by atoms with Crippen molar-refractivity contribution >= 4 is 5.91 Å². The van der Waals surface area contributed by atoms with Gasteiger partial charge in [0.2, 0.25) is 5.91 Å². The Morgan fingerprint density at radius 2 is 1.89 bits per heavy atom. The van der Waals surface area contributed by atoms with Crippen LogP contribution < -0.4 is 4.74 Å². The predicted molar refractivity (Wildman–Crippen MR) is 68.1 cm³/mol. The first kappa shape index (κ1) is 15.4. The van der Waals surface area contributed by atoms with E-state index >= 15 is 0 Å². The molecule has 1 rings (SSSR count). The van der Waals surface area contributed by atoms with Gasteiger partial charge >= 0.3 is 6.61 Å². The minimum atomic E-state index is -2.85. The van der Waals surface area contributed by atoms with Gasteiger partial charge in [-0.1, -0.05) is 18.2 Å². The Labute approximate surface area is 111 Å². The van der Waals surface area contributed by atoms with Crippen LogP contribution in [0.3, 0.4) is 0 Å². The maximum absolute atomic E-state index is 12.3. The van der Waals surface area contributed by atoms with Gasteiger partial charge < -0.3 is 9.64 Å². The minimum Gasteiger partial charge on any atom is -0.434 e. The summed E-state index contributed by atoms with van der Waals surface area (Å²) in [6, 6.07) is 6.57. The van der Waals surface area contributed by atoms with Crippen LogP contribution in [0.1, 0.15) is 5.56 Å². The second kappa shape index (κ2) is 7.04. The summed E-state index contributed by atoms with van der Waals surface area (Å²) in [5, 5.41) is 0. The highest BCUT2D eigenvalue weighted by Crippen LogP contribution is 2.21. The lowest BCUT2D eigenvalue weighted by Crippen LogP contribution is -2.34. The maximum Gasteiger partial charge on any atom is 0.387 e. The van der Waals surface area contributed by atoms with E-state index in [1.165, 1.54) is 11.0 Å². The summed E-state index contributed by atoms with van der Waals surface area (Å²) in [7, 11) is 5.09. The highest BCUT2D eigenvalue weighted by atomic mass is 19.3. The molecule has 19 heavy (non-hydrogen) atoms. The topological polar surface area (TPSA) is 32.8 Å². The first-order chi connectivity index (χ1) is 8.90. The summed E-state index contributed by atoms with van der Waals surface area (Å²) in [6.45, 7) is -2.27. The van der Waals surface area contributed by atoms with Crippen molar-refractivity contribution in [3.63, 3.8) is 0 Å². The first-order valence-electron chi connectivity index (χ1n) is 5.81. The molecule has 0 bridgehead atoms. The molecule has 0 fully saturated rings. The molecule has 0 radical (unpaired) electrons. The zero-order valence-corrected chi connectivity index (χ0v) is 11.3. The SMILES string of the molecule is CN(CC(=O)N(C)C)Cc1ccccc1OC(F)F. The van der Waals surface area contributed by atoms with Gasteiger partial charge in [-0.3, -0.25) is 9.69 Å². The van der Waals surface area contributed by atoms with E-state index in [2.05, 4.69) is 4.74 Å². The Balaban J connectivity index is 2.68. The summed E-state index contributed by atoms with van der Waals surface area (Å²) < 4.78 is 29.0. The summed E-state index contributed by atoms with van der Waals surface area (Å²) in [6.07, 6.45) is 0. The molecule has 0 N–H and O–H groups in total. The molecule has 0 saturated carbocycles. The highest BCUT2D eigenvalue weighted by molar-refractivity contribution is 5.77. The molecule has 0 spiro atoms. The zero-order valence-electron chi connectivity index (χ0n) is 11.3. The number of hydrogen-bond acceptors (Lipinski definition) is 3. The van der Waals surface area contributed by atoms with Crippen LogP contribution in [0, 0.1) is 0 Å². The lowest BCUT2D eigenvalue weighted by atomic mass is 10.2.